The number of nitrogens with one attached hydrogen (secondary N) is 2. The molecule has 35 heavy (non-hydrogen) atoms. The largest absolute Gasteiger partial charge is 0.497 e. The van der Waals surface area contributed by atoms with E-state index in [4.69, 9.17) is 25.8 Å². The maximum absolute atomic E-state index is 13.4. The summed E-state index contributed by atoms with van der Waals surface area (Å²) in [4.78, 5) is 13.2. The zero-order valence-corrected chi connectivity index (χ0v) is 21.2. The number of hydrogen-bond donors (Lipinski definition) is 2. The smallest absolute Gasteiger partial charge is 0.245 e. The summed E-state index contributed by atoms with van der Waals surface area (Å²) in [7, 11) is -1.23. The van der Waals surface area contributed by atoms with E-state index >= 15 is 0 Å². The highest BCUT2D eigenvalue weighted by atomic mass is 35.5. The highest BCUT2D eigenvalue weighted by molar-refractivity contribution is 7.89. The Bertz CT molecular complexity index is 1270. The predicted octanol–water partition coefficient (Wildman–Crippen LogP) is 4.28. The molecule has 0 bridgehead atoms. The Balaban J connectivity index is 1.96. The lowest BCUT2D eigenvalue weighted by molar-refractivity contribution is -0.117. The van der Waals surface area contributed by atoms with Crippen molar-refractivity contribution in [3.63, 3.8) is 0 Å². The van der Waals surface area contributed by atoms with Gasteiger partial charge in [0.1, 0.15) is 28.2 Å². The van der Waals surface area contributed by atoms with Crippen molar-refractivity contribution < 1.29 is 27.4 Å². The Kier molecular flexibility index (Phi) is 8.97. The summed E-state index contributed by atoms with van der Waals surface area (Å²) in [5.41, 5.74) is 1.11. The lowest BCUT2D eigenvalue weighted by atomic mass is 10.1. The number of hydrogen-bond acceptors (Lipinski definition) is 6. The highest BCUT2D eigenvalue weighted by Gasteiger charge is 2.29. The van der Waals surface area contributed by atoms with Crippen LogP contribution in [0.1, 0.15) is 12.5 Å². The zero-order chi connectivity index (χ0) is 25.4. The van der Waals surface area contributed by atoms with Crippen LogP contribution < -0.4 is 24.2 Å². The van der Waals surface area contributed by atoms with Crippen LogP contribution in [0.5, 0.6) is 17.2 Å². The van der Waals surface area contributed by atoms with Crippen LogP contribution in [-0.2, 0) is 21.2 Å². The van der Waals surface area contributed by atoms with Crippen LogP contribution in [0.25, 0.3) is 0 Å². The van der Waals surface area contributed by atoms with Crippen molar-refractivity contribution in [1.82, 2.24) is 4.72 Å². The van der Waals surface area contributed by atoms with Gasteiger partial charge in [0.25, 0.3) is 0 Å². The molecule has 0 radical (unpaired) electrons. The molecule has 0 aromatic heterocycles. The van der Waals surface area contributed by atoms with Gasteiger partial charge in [-0.25, -0.2) is 8.42 Å². The average Bonchev–Trinajstić information content (AvgIpc) is 2.85. The van der Waals surface area contributed by atoms with Crippen molar-refractivity contribution >= 4 is 33.2 Å². The SMILES string of the molecule is CCOc1ccc(Cl)cc1S(=O)(=O)NC(Cc1ccccc1)C(=O)Nc1cc(OC)ccc1OC. The number of carbonyl (C=O) groups excluding carboxylic acids is 1. The van der Waals surface area contributed by atoms with Gasteiger partial charge in [-0.2, -0.15) is 4.72 Å². The molecule has 0 aliphatic heterocycles. The molecule has 3 aromatic rings. The Hall–Kier alpha value is -3.27. The minimum Gasteiger partial charge on any atom is -0.497 e. The number of sulfonamides is 1. The second kappa shape index (κ2) is 11.9. The molecule has 186 valence electrons. The molecular weight excluding hydrogens is 492 g/mol. The van der Waals surface area contributed by atoms with Crippen molar-refractivity contribution in [2.45, 2.75) is 24.3 Å². The molecule has 0 spiro atoms. The summed E-state index contributed by atoms with van der Waals surface area (Å²) >= 11 is 6.07. The quantitative estimate of drug-likeness (QED) is 0.392. The van der Waals surface area contributed by atoms with Gasteiger partial charge in [-0.05, 0) is 49.2 Å². The Morgan fingerprint density at radius 3 is 2.34 bits per heavy atom. The van der Waals surface area contributed by atoms with Gasteiger partial charge in [0.15, 0.2) is 0 Å². The fourth-order valence-corrected chi connectivity index (χ4v) is 4.99. The van der Waals surface area contributed by atoms with Crippen molar-refractivity contribution in [3.8, 4) is 17.2 Å². The molecule has 0 aliphatic carbocycles. The van der Waals surface area contributed by atoms with E-state index in [-0.39, 0.29) is 28.7 Å². The van der Waals surface area contributed by atoms with E-state index in [0.717, 1.165) is 5.56 Å². The van der Waals surface area contributed by atoms with E-state index in [1.807, 2.05) is 30.3 Å². The summed E-state index contributed by atoms with van der Waals surface area (Å²) in [5, 5.41) is 2.97. The number of rotatable bonds is 11. The number of amides is 1. The van der Waals surface area contributed by atoms with Gasteiger partial charge in [-0.3, -0.25) is 4.79 Å². The maximum atomic E-state index is 13.4. The van der Waals surface area contributed by atoms with Crippen LogP contribution >= 0.6 is 11.6 Å². The molecule has 0 heterocycles. The molecule has 1 atom stereocenters. The lowest BCUT2D eigenvalue weighted by Crippen LogP contribution is -2.45. The van der Waals surface area contributed by atoms with Crippen LogP contribution in [0, 0.1) is 0 Å². The van der Waals surface area contributed by atoms with Crippen molar-refractivity contribution in [1.29, 1.82) is 0 Å². The molecule has 1 amide bonds. The fourth-order valence-electron chi connectivity index (χ4n) is 3.39. The summed E-state index contributed by atoms with van der Waals surface area (Å²) in [5.74, 6) is 0.456. The Labute approximate surface area is 210 Å². The van der Waals surface area contributed by atoms with Gasteiger partial charge in [0.05, 0.1) is 26.5 Å². The van der Waals surface area contributed by atoms with Crippen molar-refractivity contribution in [3.05, 3.63) is 77.3 Å². The lowest BCUT2D eigenvalue weighted by Gasteiger charge is -2.21. The first-order valence-electron chi connectivity index (χ1n) is 10.8. The monoisotopic (exact) mass is 518 g/mol. The number of carbonyl (C=O) groups is 1. The molecule has 2 N–H and O–H groups in total. The fraction of sp³-hybridized carbons (Fsp3) is 0.240. The first kappa shape index (κ1) is 26.3. The molecule has 3 aromatic carbocycles. The van der Waals surface area contributed by atoms with Crippen molar-refractivity contribution in [2.75, 3.05) is 26.1 Å². The molecule has 0 saturated carbocycles. The van der Waals surface area contributed by atoms with Crippen molar-refractivity contribution in [2.24, 2.45) is 0 Å². The third kappa shape index (κ3) is 6.88. The highest BCUT2D eigenvalue weighted by Crippen LogP contribution is 2.30. The van der Waals surface area contributed by atoms with E-state index in [2.05, 4.69) is 10.0 Å². The van der Waals surface area contributed by atoms with Crippen LogP contribution in [0.2, 0.25) is 5.02 Å². The van der Waals surface area contributed by atoms with Crippen LogP contribution in [0.3, 0.4) is 0 Å². The van der Waals surface area contributed by atoms with Gasteiger partial charge in [-0.1, -0.05) is 41.9 Å². The summed E-state index contributed by atoms with van der Waals surface area (Å²) in [6.07, 6.45) is 0.0999. The molecule has 1 unspecified atom stereocenters. The van der Waals surface area contributed by atoms with Gasteiger partial charge in [0, 0.05) is 11.1 Å². The normalized spacial score (nSPS) is 12.0. The molecular formula is C25H27ClN2O6S. The molecule has 8 nitrogen and oxygen atoms in total. The van der Waals surface area contributed by atoms with Crippen LogP contribution in [0.15, 0.2) is 71.6 Å². The van der Waals surface area contributed by atoms with E-state index in [1.54, 1.807) is 25.1 Å². The van der Waals surface area contributed by atoms with E-state index in [0.29, 0.717) is 17.2 Å². The Morgan fingerprint density at radius 2 is 1.69 bits per heavy atom. The third-order valence-electron chi connectivity index (χ3n) is 5.06. The minimum absolute atomic E-state index is 0.0999. The molecule has 10 heteroatoms. The van der Waals surface area contributed by atoms with E-state index < -0.39 is 22.0 Å². The van der Waals surface area contributed by atoms with Gasteiger partial charge in [0.2, 0.25) is 15.9 Å². The zero-order valence-electron chi connectivity index (χ0n) is 19.6. The number of ether oxygens (including phenoxy) is 3. The summed E-state index contributed by atoms with van der Waals surface area (Å²) in [6.45, 7) is 2.00. The standard InChI is InChI=1S/C25H27ClN2O6S/c1-4-34-23-12-10-18(26)15-24(23)35(30,31)28-21(14-17-8-6-5-7-9-17)25(29)27-20-16-19(32-2)11-13-22(20)33-3/h5-13,15-16,21,28H,4,14H2,1-3H3,(H,27,29). The first-order valence-corrected chi connectivity index (χ1v) is 12.6. The van der Waals surface area contributed by atoms with Crippen LogP contribution in [-0.4, -0.2) is 41.2 Å². The number of halogens is 1. The van der Waals surface area contributed by atoms with E-state index in [9.17, 15) is 13.2 Å². The second-order valence-electron chi connectivity index (χ2n) is 7.44. The summed E-state index contributed by atoms with van der Waals surface area (Å²) < 4.78 is 45.3. The predicted molar refractivity (Wildman–Crippen MR) is 135 cm³/mol. The number of anilines is 1. The minimum atomic E-state index is -4.20. The van der Waals surface area contributed by atoms with Gasteiger partial charge >= 0.3 is 0 Å². The maximum Gasteiger partial charge on any atom is 0.245 e. The third-order valence-corrected chi connectivity index (χ3v) is 6.78. The Morgan fingerprint density at radius 1 is 0.971 bits per heavy atom. The van der Waals surface area contributed by atoms with Crippen LogP contribution in [0.4, 0.5) is 5.69 Å². The van der Waals surface area contributed by atoms with E-state index in [1.165, 1.54) is 32.4 Å². The average molecular weight is 519 g/mol. The second-order valence-corrected chi connectivity index (χ2v) is 9.56. The summed E-state index contributed by atoms with van der Waals surface area (Å²) in [6, 6.07) is 17.2. The molecule has 0 saturated heterocycles. The number of benzene rings is 3. The number of methoxy groups -OCH3 is 2. The van der Waals surface area contributed by atoms with Gasteiger partial charge in [-0.15, -0.1) is 0 Å². The van der Waals surface area contributed by atoms with Gasteiger partial charge < -0.3 is 19.5 Å². The molecule has 0 fully saturated rings. The molecule has 0 aliphatic rings. The molecule has 3 rings (SSSR count). The first-order chi connectivity index (χ1) is 16.8. The topological polar surface area (TPSA) is 103 Å².